The third-order valence-electron chi connectivity index (χ3n) is 7.09. The van der Waals surface area contributed by atoms with E-state index in [1.165, 1.54) is 0 Å². The quantitative estimate of drug-likeness (QED) is 0.706. The molecule has 1 aromatic rings. The van der Waals surface area contributed by atoms with Crippen molar-refractivity contribution in [2.75, 3.05) is 33.2 Å². The summed E-state index contributed by atoms with van der Waals surface area (Å²) in [4.78, 5) is 42.9. The molecular weight excluding hydrogens is 396 g/mol. The van der Waals surface area contributed by atoms with Crippen molar-refractivity contribution in [2.45, 2.75) is 56.8 Å². The number of aromatic carboxylic acids is 1. The molecule has 3 saturated heterocycles. The van der Waals surface area contributed by atoms with Gasteiger partial charge in [-0.2, -0.15) is 0 Å². The summed E-state index contributed by atoms with van der Waals surface area (Å²) >= 11 is 0. The molecular formula is C23H32N4O4. The largest absolute Gasteiger partial charge is 0.478 e. The number of carboxylic acids is 1. The van der Waals surface area contributed by atoms with E-state index in [9.17, 15) is 14.4 Å². The molecule has 3 atom stereocenters. The summed E-state index contributed by atoms with van der Waals surface area (Å²) < 4.78 is 0. The SMILES string of the molecule is CN1[C@@H](CCC(=O)N2CCCC2)CNC(=O)[C@@H]2[C@H]1CCN2Cc1ccc(C(=O)O)cc1. The van der Waals surface area contributed by atoms with E-state index >= 15 is 0 Å². The minimum Gasteiger partial charge on any atom is -0.478 e. The lowest BCUT2D eigenvalue weighted by Gasteiger charge is -2.33. The topological polar surface area (TPSA) is 93.2 Å². The van der Waals surface area contributed by atoms with Gasteiger partial charge in [-0.15, -0.1) is 0 Å². The van der Waals surface area contributed by atoms with Crippen molar-refractivity contribution in [3.8, 4) is 0 Å². The molecule has 0 aromatic heterocycles. The molecule has 0 radical (unpaired) electrons. The van der Waals surface area contributed by atoms with Crippen LogP contribution in [0.1, 0.15) is 48.0 Å². The predicted octanol–water partition coefficient (Wildman–Crippen LogP) is 1.16. The lowest BCUT2D eigenvalue weighted by Crippen LogP contribution is -2.49. The Morgan fingerprint density at radius 3 is 2.52 bits per heavy atom. The molecule has 0 unspecified atom stereocenters. The first-order chi connectivity index (χ1) is 14.9. The van der Waals surface area contributed by atoms with Crippen molar-refractivity contribution >= 4 is 17.8 Å². The maximum atomic E-state index is 12.9. The molecule has 3 heterocycles. The number of benzene rings is 1. The zero-order valence-corrected chi connectivity index (χ0v) is 18.1. The second-order valence-corrected chi connectivity index (χ2v) is 8.96. The summed E-state index contributed by atoms with van der Waals surface area (Å²) in [5.41, 5.74) is 1.26. The number of likely N-dealkylation sites (N-methyl/N-ethyl adjacent to an activating group) is 1. The first-order valence-electron chi connectivity index (χ1n) is 11.3. The first-order valence-corrected chi connectivity index (χ1v) is 11.3. The highest BCUT2D eigenvalue weighted by Crippen LogP contribution is 2.29. The number of hydrogen-bond acceptors (Lipinski definition) is 5. The van der Waals surface area contributed by atoms with Gasteiger partial charge in [0, 0.05) is 51.2 Å². The van der Waals surface area contributed by atoms with Crippen molar-refractivity contribution in [2.24, 2.45) is 0 Å². The van der Waals surface area contributed by atoms with E-state index in [4.69, 9.17) is 5.11 Å². The lowest BCUT2D eigenvalue weighted by atomic mass is 10.0. The Hall–Kier alpha value is -2.45. The predicted molar refractivity (Wildman–Crippen MR) is 116 cm³/mol. The second kappa shape index (κ2) is 9.36. The summed E-state index contributed by atoms with van der Waals surface area (Å²) in [5.74, 6) is -0.660. The van der Waals surface area contributed by atoms with Gasteiger partial charge in [0.2, 0.25) is 11.8 Å². The Morgan fingerprint density at radius 1 is 1.13 bits per heavy atom. The molecule has 8 nitrogen and oxygen atoms in total. The molecule has 2 N–H and O–H groups in total. The highest BCUT2D eigenvalue weighted by molar-refractivity contribution is 5.87. The Bertz CT molecular complexity index is 821. The van der Waals surface area contributed by atoms with Gasteiger partial charge in [0.05, 0.1) is 5.56 Å². The van der Waals surface area contributed by atoms with Crippen LogP contribution < -0.4 is 5.32 Å². The van der Waals surface area contributed by atoms with Crippen LogP contribution in [0.4, 0.5) is 0 Å². The standard InChI is InChI=1S/C23H32N4O4/c1-25-18(8-9-20(28)26-11-2-3-12-26)14-24-22(29)21-19(25)10-13-27(21)15-16-4-6-17(7-5-16)23(30)31/h4-7,18-19,21H,2-3,8-15H2,1H3,(H,24,29)(H,30,31)/t18-,19+,21-/m0/s1. The van der Waals surface area contributed by atoms with Gasteiger partial charge in [-0.3, -0.25) is 19.4 Å². The molecule has 3 aliphatic heterocycles. The number of nitrogens with zero attached hydrogens (tertiary/aromatic N) is 3. The van der Waals surface area contributed by atoms with Crippen molar-refractivity contribution in [3.63, 3.8) is 0 Å². The number of amides is 2. The van der Waals surface area contributed by atoms with Crippen LogP contribution in [-0.2, 0) is 16.1 Å². The van der Waals surface area contributed by atoms with Gasteiger partial charge < -0.3 is 15.3 Å². The third kappa shape index (κ3) is 4.75. The molecule has 0 spiro atoms. The van der Waals surface area contributed by atoms with E-state index in [-0.39, 0.29) is 35.5 Å². The number of hydrogen-bond donors (Lipinski definition) is 2. The molecule has 4 rings (SSSR count). The number of likely N-dealkylation sites (tertiary alicyclic amines) is 2. The van der Waals surface area contributed by atoms with Gasteiger partial charge in [-0.1, -0.05) is 12.1 Å². The Labute approximate surface area is 183 Å². The van der Waals surface area contributed by atoms with E-state index in [2.05, 4.69) is 22.2 Å². The van der Waals surface area contributed by atoms with E-state index in [0.717, 1.165) is 50.9 Å². The molecule has 0 bridgehead atoms. The van der Waals surface area contributed by atoms with Crippen LogP contribution in [0, 0.1) is 0 Å². The summed E-state index contributed by atoms with van der Waals surface area (Å²) in [6.07, 6.45) is 4.39. The zero-order valence-electron chi connectivity index (χ0n) is 18.1. The van der Waals surface area contributed by atoms with Crippen LogP contribution in [0.15, 0.2) is 24.3 Å². The molecule has 3 aliphatic rings. The van der Waals surface area contributed by atoms with Crippen LogP contribution in [0.3, 0.4) is 0 Å². The second-order valence-electron chi connectivity index (χ2n) is 8.96. The van der Waals surface area contributed by atoms with E-state index < -0.39 is 5.97 Å². The van der Waals surface area contributed by atoms with Crippen LogP contribution >= 0.6 is 0 Å². The van der Waals surface area contributed by atoms with E-state index in [0.29, 0.717) is 19.5 Å². The first kappa shape index (κ1) is 21.8. The summed E-state index contributed by atoms with van der Waals surface area (Å²) in [6.45, 7) is 3.75. The van der Waals surface area contributed by atoms with Crippen LogP contribution in [0.5, 0.6) is 0 Å². The van der Waals surface area contributed by atoms with Crippen molar-refractivity contribution < 1.29 is 19.5 Å². The lowest BCUT2D eigenvalue weighted by molar-refractivity contribution is -0.130. The Morgan fingerprint density at radius 2 is 1.84 bits per heavy atom. The normalized spacial score (nSPS) is 27.1. The number of nitrogens with one attached hydrogen (secondary N) is 1. The van der Waals surface area contributed by atoms with Gasteiger partial charge in [0.15, 0.2) is 0 Å². The van der Waals surface area contributed by atoms with Crippen molar-refractivity contribution in [1.82, 2.24) is 20.0 Å². The average Bonchev–Trinajstić information content (AvgIpc) is 3.41. The van der Waals surface area contributed by atoms with Gasteiger partial charge in [0.1, 0.15) is 6.04 Å². The van der Waals surface area contributed by atoms with Gasteiger partial charge in [0.25, 0.3) is 0 Å². The smallest absolute Gasteiger partial charge is 0.335 e. The minimum absolute atomic E-state index is 0.0462. The van der Waals surface area contributed by atoms with Crippen LogP contribution in [-0.4, -0.2) is 88.9 Å². The summed E-state index contributed by atoms with van der Waals surface area (Å²) in [5, 5.41) is 12.2. The number of rotatable bonds is 6. The van der Waals surface area contributed by atoms with E-state index in [1.54, 1.807) is 12.1 Å². The van der Waals surface area contributed by atoms with Crippen molar-refractivity contribution in [1.29, 1.82) is 0 Å². The molecule has 0 aliphatic carbocycles. The van der Waals surface area contributed by atoms with Gasteiger partial charge in [-0.25, -0.2) is 4.79 Å². The highest BCUT2D eigenvalue weighted by Gasteiger charge is 2.45. The Kier molecular flexibility index (Phi) is 6.57. The maximum absolute atomic E-state index is 12.9. The summed E-state index contributed by atoms with van der Waals surface area (Å²) in [6, 6.07) is 6.90. The number of carboxylic acid groups (broad SMARTS) is 1. The zero-order chi connectivity index (χ0) is 22.0. The molecule has 1 aromatic carbocycles. The van der Waals surface area contributed by atoms with E-state index in [1.807, 2.05) is 17.0 Å². The summed E-state index contributed by atoms with van der Waals surface area (Å²) in [7, 11) is 2.08. The highest BCUT2D eigenvalue weighted by atomic mass is 16.4. The Balaban J connectivity index is 1.38. The fraction of sp³-hybridized carbons (Fsp3) is 0.609. The maximum Gasteiger partial charge on any atom is 0.335 e. The fourth-order valence-corrected chi connectivity index (χ4v) is 5.23. The molecule has 3 fully saturated rings. The molecule has 168 valence electrons. The third-order valence-corrected chi connectivity index (χ3v) is 7.09. The minimum atomic E-state index is -0.938. The van der Waals surface area contributed by atoms with Crippen LogP contribution in [0.2, 0.25) is 0 Å². The molecule has 2 amide bonds. The molecule has 0 saturated carbocycles. The number of fused-ring (bicyclic) bond motifs is 1. The molecule has 31 heavy (non-hydrogen) atoms. The van der Waals surface area contributed by atoms with Gasteiger partial charge >= 0.3 is 5.97 Å². The number of carbonyl (C=O) groups is 3. The molecule has 8 heteroatoms. The average molecular weight is 429 g/mol. The van der Waals surface area contributed by atoms with Crippen LogP contribution in [0.25, 0.3) is 0 Å². The monoisotopic (exact) mass is 428 g/mol. The van der Waals surface area contributed by atoms with Crippen molar-refractivity contribution in [3.05, 3.63) is 35.4 Å². The van der Waals surface area contributed by atoms with Gasteiger partial charge in [-0.05, 0) is 50.4 Å². The fourth-order valence-electron chi connectivity index (χ4n) is 5.23. The number of carbonyl (C=O) groups excluding carboxylic acids is 2.